The minimum atomic E-state index is -1.00. The van der Waals surface area contributed by atoms with E-state index >= 15 is 0 Å². The molecule has 3 aromatic carbocycles. The van der Waals surface area contributed by atoms with Crippen LogP contribution >= 0.6 is 0 Å². The number of fused-ring (bicyclic) bond motifs is 2. The van der Waals surface area contributed by atoms with E-state index in [2.05, 4.69) is 15.3 Å². The van der Waals surface area contributed by atoms with Crippen molar-refractivity contribution in [3.05, 3.63) is 90.8 Å². The number of carbonyl (C=O) groups is 2. The molecule has 1 N–H and O–H groups in total. The topological polar surface area (TPSA) is 94.3 Å². The second kappa shape index (κ2) is 8.55. The van der Waals surface area contributed by atoms with E-state index in [-0.39, 0.29) is 0 Å². The van der Waals surface area contributed by atoms with Crippen LogP contribution in [0.2, 0.25) is 0 Å². The normalized spacial score (nSPS) is 11.9. The number of hydrogen-bond donors (Lipinski definition) is 1. The van der Waals surface area contributed by atoms with E-state index in [0.717, 1.165) is 10.9 Å². The molecule has 1 unspecified atom stereocenters. The Bertz CT molecular complexity index is 1440. The number of nitrogens with zero attached hydrogens (tertiary/aromatic N) is 2. The first-order chi connectivity index (χ1) is 16.1. The molecular weight excluding hydrogens is 418 g/mol. The van der Waals surface area contributed by atoms with E-state index in [0.29, 0.717) is 33.7 Å². The Balaban J connectivity index is 1.48. The summed E-state index contributed by atoms with van der Waals surface area (Å²) >= 11 is 0. The number of ether oxygens (including phenoxy) is 1. The predicted octanol–water partition coefficient (Wildman–Crippen LogP) is 5.23. The van der Waals surface area contributed by atoms with Crippen LogP contribution in [0.5, 0.6) is 0 Å². The largest absolute Gasteiger partial charge is 0.449 e. The fourth-order valence-electron chi connectivity index (χ4n) is 3.63. The average molecular weight is 437 g/mol. The second-order valence-corrected chi connectivity index (χ2v) is 7.47. The molecule has 0 aliphatic carbocycles. The zero-order chi connectivity index (χ0) is 22.8. The standard InChI is InChI=1S/C26H19N3O4/c1-16(24(30)28-18-12-14-27-15-13-18)32-26(31)20-9-5-7-17-6-4-8-19(23(17)20)25-29-21-10-2-3-11-22(21)33-25/h2-16H,1H3,(H,27,28,30). The van der Waals surface area contributed by atoms with Crippen LogP contribution in [-0.2, 0) is 9.53 Å². The molecule has 0 bridgehead atoms. The third-order valence-electron chi connectivity index (χ3n) is 5.25. The zero-order valence-electron chi connectivity index (χ0n) is 17.7. The number of para-hydroxylation sites is 2. The molecule has 0 saturated carbocycles. The van der Waals surface area contributed by atoms with Crippen molar-refractivity contribution in [3.63, 3.8) is 0 Å². The fourth-order valence-corrected chi connectivity index (χ4v) is 3.63. The number of amides is 1. The van der Waals surface area contributed by atoms with Crippen LogP contribution in [0.25, 0.3) is 33.3 Å². The highest BCUT2D eigenvalue weighted by Crippen LogP contribution is 2.33. The number of hydrogen-bond acceptors (Lipinski definition) is 6. The lowest BCUT2D eigenvalue weighted by Gasteiger charge is -2.15. The van der Waals surface area contributed by atoms with Crippen LogP contribution in [0.1, 0.15) is 17.3 Å². The molecule has 33 heavy (non-hydrogen) atoms. The number of pyridine rings is 1. The van der Waals surface area contributed by atoms with Crippen molar-refractivity contribution in [1.29, 1.82) is 0 Å². The highest BCUT2D eigenvalue weighted by Gasteiger charge is 2.23. The average Bonchev–Trinajstić information content (AvgIpc) is 3.28. The first-order valence-corrected chi connectivity index (χ1v) is 10.4. The van der Waals surface area contributed by atoms with E-state index < -0.39 is 18.0 Å². The monoisotopic (exact) mass is 437 g/mol. The fraction of sp³-hybridized carbons (Fsp3) is 0.0769. The van der Waals surface area contributed by atoms with Crippen molar-refractivity contribution < 1.29 is 18.7 Å². The first kappa shape index (κ1) is 20.4. The van der Waals surface area contributed by atoms with Crippen molar-refractivity contribution in [1.82, 2.24) is 9.97 Å². The van der Waals surface area contributed by atoms with Gasteiger partial charge in [-0.2, -0.15) is 0 Å². The van der Waals surface area contributed by atoms with Gasteiger partial charge in [-0.25, -0.2) is 9.78 Å². The Kier molecular flexibility index (Phi) is 5.28. The first-order valence-electron chi connectivity index (χ1n) is 10.4. The Morgan fingerprint density at radius 3 is 2.48 bits per heavy atom. The lowest BCUT2D eigenvalue weighted by Crippen LogP contribution is -2.30. The third kappa shape index (κ3) is 4.04. The number of nitrogens with one attached hydrogen (secondary N) is 1. The van der Waals surface area contributed by atoms with Gasteiger partial charge in [-0.3, -0.25) is 9.78 Å². The van der Waals surface area contributed by atoms with Crippen molar-refractivity contribution in [2.24, 2.45) is 0 Å². The van der Waals surface area contributed by atoms with Gasteiger partial charge in [-0.1, -0.05) is 36.4 Å². The molecule has 2 aromatic heterocycles. The smallest absolute Gasteiger partial charge is 0.339 e. The third-order valence-corrected chi connectivity index (χ3v) is 5.25. The molecule has 5 rings (SSSR count). The maximum absolute atomic E-state index is 13.1. The SMILES string of the molecule is CC(OC(=O)c1cccc2cccc(-c3nc4ccccc4o3)c12)C(=O)Nc1ccncc1. The van der Waals surface area contributed by atoms with Crippen molar-refractivity contribution in [2.45, 2.75) is 13.0 Å². The number of benzene rings is 3. The molecule has 0 saturated heterocycles. The lowest BCUT2D eigenvalue weighted by atomic mass is 9.99. The molecule has 7 heteroatoms. The predicted molar refractivity (Wildman–Crippen MR) is 125 cm³/mol. The number of carbonyl (C=O) groups excluding carboxylic acids is 2. The summed E-state index contributed by atoms with van der Waals surface area (Å²) in [5.41, 5.74) is 2.96. The van der Waals surface area contributed by atoms with Crippen molar-refractivity contribution in [2.75, 3.05) is 5.32 Å². The number of esters is 1. The van der Waals surface area contributed by atoms with Gasteiger partial charge in [0.05, 0.1) is 5.56 Å². The number of rotatable bonds is 5. The summed E-state index contributed by atoms with van der Waals surface area (Å²) in [6.45, 7) is 1.53. The maximum Gasteiger partial charge on any atom is 0.339 e. The molecule has 0 fully saturated rings. The van der Waals surface area contributed by atoms with Gasteiger partial charge in [0.25, 0.3) is 5.91 Å². The van der Waals surface area contributed by atoms with Gasteiger partial charge in [0.15, 0.2) is 11.7 Å². The molecule has 0 spiro atoms. The van der Waals surface area contributed by atoms with Crippen molar-refractivity contribution in [3.8, 4) is 11.5 Å². The summed E-state index contributed by atoms with van der Waals surface area (Å²) in [6.07, 6.45) is 2.13. The minimum Gasteiger partial charge on any atom is -0.449 e. The lowest BCUT2D eigenvalue weighted by molar-refractivity contribution is -0.123. The minimum absolute atomic E-state index is 0.328. The van der Waals surface area contributed by atoms with Crippen LogP contribution in [0.15, 0.2) is 89.6 Å². The molecule has 5 aromatic rings. The molecule has 162 valence electrons. The van der Waals surface area contributed by atoms with Gasteiger partial charge in [0.2, 0.25) is 5.89 Å². The summed E-state index contributed by atoms with van der Waals surface area (Å²) < 4.78 is 11.5. The second-order valence-electron chi connectivity index (χ2n) is 7.47. The molecule has 0 radical (unpaired) electrons. The molecule has 1 amide bonds. The molecule has 0 aliphatic rings. The molecule has 1 atom stereocenters. The highest BCUT2D eigenvalue weighted by molar-refractivity contribution is 6.10. The Labute approximate surface area is 189 Å². The van der Waals surface area contributed by atoms with E-state index in [4.69, 9.17) is 9.15 Å². The van der Waals surface area contributed by atoms with Crippen LogP contribution < -0.4 is 5.32 Å². The summed E-state index contributed by atoms with van der Waals surface area (Å²) in [5, 5.41) is 4.19. The summed E-state index contributed by atoms with van der Waals surface area (Å²) in [5.74, 6) is -0.638. The van der Waals surface area contributed by atoms with Gasteiger partial charge < -0.3 is 14.5 Å². The van der Waals surface area contributed by atoms with Crippen LogP contribution in [-0.4, -0.2) is 27.9 Å². The van der Waals surface area contributed by atoms with Crippen LogP contribution in [0, 0.1) is 0 Å². The van der Waals surface area contributed by atoms with Gasteiger partial charge in [-0.05, 0) is 48.7 Å². The van der Waals surface area contributed by atoms with E-state index in [9.17, 15) is 9.59 Å². The quantitative estimate of drug-likeness (QED) is 0.379. The summed E-state index contributed by atoms with van der Waals surface area (Å²) in [7, 11) is 0. The highest BCUT2D eigenvalue weighted by atomic mass is 16.5. The van der Waals surface area contributed by atoms with E-state index in [1.807, 2.05) is 48.5 Å². The maximum atomic E-state index is 13.1. The molecule has 2 heterocycles. The number of oxazole rings is 1. The molecule has 7 nitrogen and oxygen atoms in total. The number of anilines is 1. The van der Waals surface area contributed by atoms with Gasteiger partial charge >= 0.3 is 5.97 Å². The molecular formula is C26H19N3O4. The Morgan fingerprint density at radius 1 is 0.939 bits per heavy atom. The van der Waals surface area contributed by atoms with Gasteiger partial charge in [-0.15, -0.1) is 0 Å². The van der Waals surface area contributed by atoms with Crippen LogP contribution in [0.3, 0.4) is 0 Å². The Hall–Kier alpha value is -4.52. The van der Waals surface area contributed by atoms with Gasteiger partial charge in [0, 0.05) is 29.0 Å². The van der Waals surface area contributed by atoms with Crippen molar-refractivity contribution >= 4 is 39.4 Å². The number of aromatic nitrogens is 2. The molecule has 0 aliphatic heterocycles. The summed E-state index contributed by atoms with van der Waals surface area (Å²) in [4.78, 5) is 34.1. The van der Waals surface area contributed by atoms with E-state index in [1.54, 1.807) is 36.7 Å². The Morgan fingerprint density at radius 2 is 1.70 bits per heavy atom. The summed E-state index contributed by atoms with van der Waals surface area (Å²) in [6, 6.07) is 21.8. The van der Waals surface area contributed by atoms with Gasteiger partial charge in [0.1, 0.15) is 5.52 Å². The van der Waals surface area contributed by atoms with Crippen LogP contribution in [0.4, 0.5) is 5.69 Å². The van der Waals surface area contributed by atoms with E-state index in [1.165, 1.54) is 6.92 Å². The zero-order valence-corrected chi connectivity index (χ0v) is 17.7.